The number of carbonyl (C=O) groups is 2. The Kier molecular flexibility index (Phi) is 2.25. The predicted molar refractivity (Wildman–Crippen MR) is 53.2 cm³/mol. The van der Waals surface area contributed by atoms with Gasteiger partial charge in [-0.3, -0.25) is 4.79 Å². The maximum atomic E-state index is 11.3. The minimum Gasteiger partial charge on any atom is -0.464 e. The number of esters is 1. The van der Waals surface area contributed by atoms with E-state index in [9.17, 15) is 9.59 Å². The Bertz CT molecular complexity index is 463. The summed E-state index contributed by atoms with van der Waals surface area (Å²) in [7, 11) is 1.26. The number of allylic oxidation sites excluding steroid dienone is 1. The number of methoxy groups -OCH3 is 1. The van der Waals surface area contributed by atoms with Gasteiger partial charge in [-0.2, -0.15) is 0 Å². The first-order valence-electron chi connectivity index (χ1n) is 4.37. The van der Waals surface area contributed by atoms with Gasteiger partial charge in [0, 0.05) is 5.56 Å². The first-order valence-corrected chi connectivity index (χ1v) is 4.37. The van der Waals surface area contributed by atoms with Crippen LogP contribution < -0.4 is 5.32 Å². The zero-order valence-electron chi connectivity index (χ0n) is 8.06. The van der Waals surface area contributed by atoms with E-state index in [0.717, 1.165) is 0 Å². The molecule has 0 saturated carbocycles. The van der Waals surface area contributed by atoms with Gasteiger partial charge in [0.15, 0.2) is 12.0 Å². The van der Waals surface area contributed by atoms with Crippen molar-refractivity contribution in [1.29, 1.82) is 0 Å². The van der Waals surface area contributed by atoms with Crippen LogP contribution in [0.25, 0.3) is 5.57 Å². The van der Waals surface area contributed by atoms with Gasteiger partial charge in [-0.05, 0) is 6.07 Å². The first-order chi connectivity index (χ1) is 7.27. The number of para-hydroxylation sites is 1. The molecule has 0 aliphatic carbocycles. The molecule has 2 rings (SSSR count). The summed E-state index contributed by atoms with van der Waals surface area (Å²) in [4.78, 5) is 22.2. The third-order valence-corrected chi connectivity index (χ3v) is 2.18. The number of hydrogen-bond acceptors (Lipinski definition) is 3. The molecule has 0 amide bonds. The summed E-state index contributed by atoms with van der Waals surface area (Å²) in [6.45, 7) is 0. The lowest BCUT2D eigenvalue weighted by Crippen LogP contribution is -2.10. The molecule has 0 bridgehead atoms. The van der Waals surface area contributed by atoms with Gasteiger partial charge >= 0.3 is 5.97 Å². The zero-order chi connectivity index (χ0) is 10.8. The van der Waals surface area contributed by atoms with Crippen molar-refractivity contribution in [3.8, 4) is 0 Å². The number of nitrogens with zero attached hydrogens (tertiary/aromatic N) is 1. The smallest absolute Gasteiger partial charge is 0.357 e. The normalized spacial score (nSPS) is 13.1. The van der Waals surface area contributed by atoms with Crippen LogP contribution in [0.2, 0.25) is 0 Å². The van der Waals surface area contributed by atoms with Gasteiger partial charge < -0.3 is 4.74 Å². The Morgan fingerprint density at radius 1 is 1.40 bits per heavy atom. The van der Waals surface area contributed by atoms with E-state index in [0.29, 0.717) is 17.5 Å². The monoisotopic (exact) mass is 202 g/mol. The summed E-state index contributed by atoms with van der Waals surface area (Å²) >= 11 is 0. The molecule has 0 fully saturated rings. The number of fused-ring (bicyclic) bond motifs is 1. The molecule has 0 aromatic heterocycles. The van der Waals surface area contributed by atoms with E-state index in [4.69, 9.17) is 0 Å². The van der Waals surface area contributed by atoms with E-state index in [-0.39, 0.29) is 11.3 Å². The molecule has 15 heavy (non-hydrogen) atoms. The number of benzene rings is 1. The molecular weight excluding hydrogens is 194 g/mol. The molecule has 75 valence electrons. The van der Waals surface area contributed by atoms with Crippen LogP contribution in [0, 0.1) is 0 Å². The van der Waals surface area contributed by atoms with Crippen molar-refractivity contribution in [1.82, 2.24) is 5.32 Å². The lowest BCUT2D eigenvalue weighted by molar-refractivity contribution is -0.136. The van der Waals surface area contributed by atoms with Crippen molar-refractivity contribution in [2.45, 2.75) is 0 Å². The van der Waals surface area contributed by atoms with Crippen molar-refractivity contribution in [3.63, 3.8) is 0 Å². The summed E-state index contributed by atoms with van der Waals surface area (Å²) < 4.78 is 4.55. The Labute approximate surface area is 86.5 Å². The van der Waals surface area contributed by atoms with E-state index in [2.05, 4.69) is 10.1 Å². The van der Waals surface area contributed by atoms with E-state index in [1.807, 2.05) is 0 Å². The summed E-state index contributed by atoms with van der Waals surface area (Å²) in [6.07, 6.45) is 0.627. The summed E-state index contributed by atoms with van der Waals surface area (Å²) in [6, 6.07) is 7.08. The zero-order valence-corrected chi connectivity index (χ0v) is 8.06. The second-order valence-corrected chi connectivity index (χ2v) is 3.00. The maximum Gasteiger partial charge on any atom is 0.357 e. The Balaban J connectivity index is 2.52. The standard InChI is InChI=1S/C11H8NO3/c1-15-11(14)10-8(6-13)7-4-2-3-5-9(7)12-10/h2-6H,1H3. The van der Waals surface area contributed by atoms with Gasteiger partial charge in [0.05, 0.1) is 18.4 Å². The van der Waals surface area contributed by atoms with Crippen molar-refractivity contribution < 1.29 is 14.3 Å². The second kappa shape index (κ2) is 3.57. The first kappa shape index (κ1) is 9.45. The van der Waals surface area contributed by atoms with Crippen molar-refractivity contribution in [3.05, 3.63) is 35.5 Å². The van der Waals surface area contributed by atoms with E-state index in [1.54, 1.807) is 24.3 Å². The quantitative estimate of drug-likeness (QED) is 0.531. The minimum absolute atomic E-state index is 0.0775. The SMILES string of the molecule is COC(=O)C1=C(C=O)c2ccccc2[N]1. The summed E-state index contributed by atoms with van der Waals surface area (Å²) in [5.41, 5.74) is 1.67. The largest absolute Gasteiger partial charge is 0.464 e. The number of ether oxygens (including phenoxy) is 1. The highest BCUT2D eigenvalue weighted by atomic mass is 16.5. The lowest BCUT2D eigenvalue weighted by Gasteiger charge is -1.98. The van der Waals surface area contributed by atoms with Crippen LogP contribution in [0.4, 0.5) is 5.69 Å². The third kappa shape index (κ3) is 1.40. The third-order valence-electron chi connectivity index (χ3n) is 2.18. The molecule has 1 heterocycles. The Morgan fingerprint density at radius 3 is 2.80 bits per heavy atom. The van der Waals surface area contributed by atoms with Crippen LogP contribution in [-0.4, -0.2) is 19.4 Å². The topological polar surface area (TPSA) is 57.5 Å². The fourth-order valence-electron chi connectivity index (χ4n) is 1.48. The molecule has 1 radical (unpaired) electrons. The van der Waals surface area contributed by atoms with E-state index >= 15 is 0 Å². The van der Waals surface area contributed by atoms with Crippen molar-refractivity contribution in [2.24, 2.45) is 0 Å². The lowest BCUT2D eigenvalue weighted by atomic mass is 10.1. The molecule has 4 heteroatoms. The van der Waals surface area contributed by atoms with Crippen molar-refractivity contribution in [2.75, 3.05) is 7.11 Å². The van der Waals surface area contributed by atoms with Crippen LogP contribution >= 0.6 is 0 Å². The molecule has 0 saturated heterocycles. The van der Waals surface area contributed by atoms with E-state index in [1.165, 1.54) is 7.11 Å². The van der Waals surface area contributed by atoms with Gasteiger partial charge in [0.2, 0.25) is 0 Å². The average molecular weight is 202 g/mol. The summed E-state index contributed by atoms with van der Waals surface area (Å²) in [5.74, 6) is -0.590. The highest BCUT2D eigenvalue weighted by Gasteiger charge is 2.27. The molecule has 4 nitrogen and oxygen atoms in total. The van der Waals surface area contributed by atoms with Gasteiger partial charge in [-0.1, -0.05) is 18.2 Å². The maximum absolute atomic E-state index is 11.3. The van der Waals surface area contributed by atoms with Crippen LogP contribution in [0.3, 0.4) is 0 Å². The molecule has 0 unspecified atom stereocenters. The number of hydrogen-bond donors (Lipinski definition) is 0. The number of carbonyl (C=O) groups excluding carboxylic acids is 2. The number of aldehydes is 1. The minimum atomic E-state index is -0.590. The highest BCUT2D eigenvalue weighted by Crippen LogP contribution is 2.33. The predicted octanol–water partition coefficient (Wildman–Crippen LogP) is 1.02. The average Bonchev–Trinajstić information content (AvgIpc) is 2.66. The molecule has 1 aromatic rings. The molecule has 1 aromatic carbocycles. The summed E-state index contributed by atoms with van der Waals surface area (Å²) in [5, 5.41) is 4.05. The Morgan fingerprint density at radius 2 is 2.13 bits per heavy atom. The molecule has 1 aliphatic heterocycles. The molecule has 1 aliphatic rings. The van der Waals surface area contributed by atoms with Gasteiger partial charge in [-0.15, -0.1) is 0 Å². The molecule has 0 N–H and O–H groups in total. The van der Waals surface area contributed by atoms with Crippen LogP contribution in [-0.2, 0) is 14.3 Å². The van der Waals surface area contributed by atoms with Gasteiger partial charge in [0.1, 0.15) is 0 Å². The molecule has 0 atom stereocenters. The fraction of sp³-hybridized carbons (Fsp3) is 0.0909. The fourth-order valence-corrected chi connectivity index (χ4v) is 1.48. The van der Waals surface area contributed by atoms with Crippen molar-refractivity contribution >= 4 is 23.5 Å². The van der Waals surface area contributed by atoms with Crippen LogP contribution in [0.15, 0.2) is 30.0 Å². The second-order valence-electron chi connectivity index (χ2n) is 3.00. The number of rotatable bonds is 2. The Hall–Kier alpha value is -2.10. The van der Waals surface area contributed by atoms with Gasteiger partial charge in [0.25, 0.3) is 0 Å². The van der Waals surface area contributed by atoms with Crippen LogP contribution in [0.1, 0.15) is 5.56 Å². The highest BCUT2D eigenvalue weighted by molar-refractivity contribution is 6.19. The molecule has 0 spiro atoms. The van der Waals surface area contributed by atoms with E-state index < -0.39 is 5.97 Å². The molecular formula is C11H8NO3. The van der Waals surface area contributed by atoms with Crippen LogP contribution in [0.5, 0.6) is 0 Å². The van der Waals surface area contributed by atoms with Gasteiger partial charge in [-0.25, -0.2) is 10.1 Å².